The Kier molecular flexibility index (Phi) is 5.79. The van der Waals surface area contributed by atoms with Gasteiger partial charge >= 0.3 is 0 Å². The lowest BCUT2D eigenvalue weighted by Gasteiger charge is -2.13. The molecule has 150 valence electrons. The molecule has 0 saturated heterocycles. The molecule has 0 spiro atoms. The number of hydrogen-bond acceptors (Lipinski definition) is 7. The summed E-state index contributed by atoms with van der Waals surface area (Å²) in [7, 11) is -0.470. The minimum Gasteiger partial charge on any atom is -0.496 e. The number of hydrogen-bond donors (Lipinski definition) is 1. The van der Waals surface area contributed by atoms with E-state index >= 15 is 0 Å². The maximum atomic E-state index is 12.8. The highest BCUT2D eigenvalue weighted by Crippen LogP contribution is 2.29. The van der Waals surface area contributed by atoms with Gasteiger partial charge in [-0.2, -0.15) is 0 Å². The van der Waals surface area contributed by atoms with Crippen LogP contribution in [0.5, 0.6) is 11.5 Å². The average molecular weight is 413 g/mol. The Balaban J connectivity index is 1.88. The van der Waals surface area contributed by atoms with Crippen molar-refractivity contribution in [2.24, 2.45) is 0 Å². The zero-order valence-corrected chi connectivity index (χ0v) is 16.9. The Labute approximate surface area is 168 Å². The summed E-state index contributed by atoms with van der Waals surface area (Å²) in [6.45, 7) is 0. The first-order valence-electron chi connectivity index (χ1n) is 8.50. The number of carbonyl (C=O) groups excluding carboxylic acids is 1. The van der Waals surface area contributed by atoms with Crippen molar-refractivity contribution in [2.75, 3.05) is 25.8 Å². The van der Waals surface area contributed by atoms with Gasteiger partial charge in [-0.25, -0.2) is 8.42 Å². The van der Waals surface area contributed by atoms with Crippen LogP contribution in [0.15, 0.2) is 59.6 Å². The molecule has 1 aromatic heterocycles. The number of nitrogens with zero attached hydrogens (tertiary/aromatic N) is 2. The molecule has 8 nitrogen and oxygen atoms in total. The highest BCUT2D eigenvalue weighted by atomic mass is 32.2. The van der Waals surface area contributed by atoms with Crippen molar-refractivity contribution in [3.63, 3.8) is 0 Å². The van der Waals surface area contributed by atoms with E-state index in [2.05, 4.69) is 15.5 Å². The average Bonchev–Trinajstić information content (AvgIpc) is 2.72. The summed E-state index contributed by atoms with van der Waals surface area (Å²) in [5.41, 5.74) is 1.94. The van der Waals surface area contributed by atoms with Gasteiger partial charge in [0.2, 0.25) is 0 Å². The van der Waals surface area contributed by atoms with Crippen LogP contribution in [0.25, 0.3) is 11.3 Å². The fourth-order valence-electron chi connectivity index (χ4n) is 2.70. The standard InChI is InChI=1S/C20H19N3O5S/c1-27-16-8-5-9-17(28-2)19(16)20(24)21-14-7-4-6-13(12-14)15-10-11-18(23-22-15)29(3,25)26/h4-12H,1-3H3,(H,21,24). The molecule has 0 unspecified atom stereocenters. The lowest BCUT2D eigenvalue weighted by atomic mass is 10.1. The van der Waals surface area contributed by atoms with Gasteiger partial charge in [-0.1, -0.05) is 18.2 Å². The molecule has 0 radical (unpaired) electrons. The molecule has 0 bridgehead atoms. The minimum atomic E-state index is -3.42. The minimum absolute atomic E-state index is 0.103. The number of methoxy groups -OCH3 is 2. The van der Waals surface area contributed by atoms with Crippen molar-refractivity contribution in [1.82, 2.24) is 10.2 Å². The van der Waals surface area contributed by atoms with E-state index in [1.54, 1.807) is 48.5 Å². The topological polar surface area (TPSA) is 107 Å². The van der Waals surface area contributed by atoms with E-state index in [4.69, 9.17) is 9.47 Å². The van der Waals surface area contributed by atoms with Gasteiger partial charge in [-0.3, -0.25) is 4.79 Å². The molecule has 29 heavy (non-hydrogen) atoms. The summed E-state index contributed by atoms with van der Waals surface area (Å²) >= 11 is 0. The fourth-order valence-corrected chi connectivity index (χ4v) is 3.20. The molecule has 0 fully saturated rings. The number of amides is 1. The molecular weight excluding hydrogens is 394 g/mol. The molecule has 3 rings (SSSR count). The van der Waals surface area contributed by atoms with Crippen molar-refractivity contribution in [3.05, 3.63) is 60.2 Å². The number of sulfone groups is 1. The van der Waals surface area contributed by atoms with E-state index in [1.165, 1.54) is 20.3 Å². The predicted octanol–water partition coefficient (Wildman–Crippen LogP) is 2.82. The van der Waals surface area contributed by atoms with Crippen molar-refractivity contribution < 1.29 is 22.7 Å². The molecule has 9 heteroatoms. The number of rotatable bonds is 6. The number of benzene rings is 2. The third kappa shape index (κ3) is 4.52. The molecule has 0 aliphatic heterocycles. The molecule has 0 atom stereocenters. The monoisotopic (exact) mass is 413 g/mol. The van der Waals surface area contributed by atoms with Crippen molar-refractivity contribution in [3.8, 4) is 22.8 Å². The fraction of sp³-hybridized carbons (Fsp3) is 0.150. The molecule has 3 aromatic rings. The van der Waals surface area contributed by atoms with Gasteiger partial charge in [-0.05, 0) is 36.4 Å². The Morgan fingerprint density at radius 3 is 2.14 bits per heavy atom. The Morgan fingerprint density at radius 1 is 0.931 bits per heavy atom. The Morgan fingerprint density at radius 2 is 1.59 bits per heavy atom. The molecule has 0 saturated carbocycles. The van der Waals surface area contributed by atoms with Gasteiger partial charge in [0.25, 0.3) is 5.91 Å². The van der Waals surface area contributed by atoms with Gasteiger partial charge < -0.3 is 14.8 Å². The van der Waals surface area contributed by atoms with E-state index in [0.717, 1.165) is 6.26 Å². The predicted molar refractivity (Wildman–Crippen MR) is 108 cm³/mol. The third-order valence-corrected chi connectivity index (χ3v) is 5.07. The molecule has 0 aliphatic carbocycles. The Bertz CT molecular complexity index is 1120. The van der Waals surface area contributed by atoms with Crippen LogP contribution in [-0.4, -0.2) is 45.0 Å². The van der Waals surface area contributed by atoms with E-state index in [9.17, 15) is 13.2 Å². The summed E-state index contributed by atoms with van der Waals surface area (Å²) in [6, 6.07) is 15.0. The van der Waals surface area contributed by atoms with Gasteiger partial charge in [0.05, 0.1) is 19.9 Å². The van der Waals surface area contributed by atoms with Crippen LogP contribution in [-0.2, 0) is 9.84 Å². The van der Waals surface area contributed by atoms with E-state index in [-0.39, 0.29) is 10.6 Å². The Hall–Kier alpha value is -3.46. The van der Waals surface area contributed by atoms with E-state index < -0.39 is 15.7 Å². The van der Waals surface area contributed by atoms with Crippen LogP contribution >= 0.6 is 0 Å². The summed E-state index contributed by atoms with van der Waals surface area (Å²) in [5.74, 6) is 0.385. The normalized spacial score (nSPS) is 11.0. The van der Waals surface area contributed by atoms with Crippen molar-refractivity contribution in [2.45, 2.75) is 5.03 Å². The van der Waals surface area contributed by atoms with Crippen molar-refractivity contribution in [1.29, 1.82) is 0 Å². The molecule has 0 aliphatic rings. The van der Waals surface area contributed by atoms with Crippen LogP contribution in [0, 0.1) is 0 Å². The van der Waals surface area contributed by atoms with E-state index in [1.807, 2.05) is 0 Å². The number of carbonyl (C=O) groups is 1. The highest BCUT2D eigenvalue weighted by molar-refractivity contribution is 7.90. The number of nitrogens with one attached hydrogen (secondary N) is 1. The molecule has 2 aromatic carbocycles. The van der Waals surface area contributed by atoms with Crippen LogP contribution in [0.4, 0.5) is 5.69 Å². The van der Waals surface area contributed by atoms with Gasteiger partial charge in [0.15, 0.2) is 14.9 Å². The quantitative estimate of drug-likeness (QED) is 0.662. The second-order valence-electron chi connectivity index (χ2n) is 6.10. The smallest absolute Gasteiger partial charge is 0.263 e. The largest absolute Gasteiger partial charge is 0.496 e. The summed E-state index contributed by atoms with van der Waals surface area (Å²) in [5, 5.41) is 10.4. The SMILES string of the molecule is COc1cccc(OC)c1C(=O)Nc1cccc(-c2ccc(S(C)(=O)=O)nn2)c1. The number of ether oxygens (including phenoxy) is 2. The highest BCUT2D eigenvalue weighted by Gasteiger charge is 2.18. The van der Waals surface area contributed by atoms with Crippen LogP contribution in [0.2, 0.25) is 0 Å². The van der Waals surface area contributed by atoms with Crippen molar-refractivity contribution >= 4 is 21.4 Å². The summed E-state index contributed by atoms with van der Waals surface area (Å²) in [6.07, 6.45) is 1.07. The molecule has 1 amide bonds. The van der Waals surface area contributed by atoms with Crippen LogP contribution in [0.3, 0.4) is 0 Å². The third-order valence-electron chi connectivity index (χ3n) is 4.09. The second-order valence-corrected chi connectivity index (χ2v) is 8.06. The maximum absolute atomic E-state index is 12.8. The molecule has 1 N–H and O–H groups in total. The number of anilines is 1. The first-order valence-corrected chi connectivity index (χ1v) is 10.4. The van der Waals surface area contributed by atoms with Gasteiger partial charge in [0.1, 0.15) is 17.1 Å². The van der Waals surface area contributed by atoms with Gasteiger partial charge in [0, 0.05) is 17.5 Å². The van der Waals surface area contributed by atoms with Crippen LogP contribution < -0.4 is 14.8 Å². The lowest BCUT2D eigenvalue weighted by Crippen LogP contribution is -2.14. The maximum Gasteiger partial charge on any atom is 0.263 e. The van der Waals surface area contributed by atoms with Crippen LogP contribution in [0.1, 0.15) is 10.4 Å². The zero-order chi connectivity index (χ0) is 21.0. The summed E-state index contributed by atoms with van der Waals surface area (Å²) in [4.78, 5) is 12.8. The van der Waals surface area contributed by atoms with E-state index in [0.29, 0.717) is 28.4 Å². The summed E-state index contributed by atoms with van der Waals surface area (Å²) < 4.78 is 33.6. The first kappa shape index (κ1) is 20.3. The zero-order valence-electron chi connectivity index (χ0n) is 16.0. The van der Waals surface area contributed by atoms with Gasteiger partial charge in [-0.15, -0.1) is 10.2 Å². The molecular formula is C20H19N3O5S. The number of aromatic nitrogens is 2. The lowest BCUT2D eigenvalue weighted by molar-refractivity contribution is 0.102. The first-order chi connectivity index (χ1) is 13.8. The second kappa shape index (κ2) is 8.27. The molecule has 1 heterocycles.